The van der Waals surface area contributed by atoms with E-state index in [1.807, 2.05) is 30.3 Å². The lowest BCUT2D eigenvalue weighted by molar-refractivity contribution is -0.139. The lowest BCUT2D eigenvalue weighted by Gasteiger charge is -2.01. The second kappa shape index (κ2) is 6.57. The van der Waals surface area contributed by atoms with Crippen molar-refractivity contribution in [2.45, 2.75) is 6.61 Å². The normalized spacial score (nSPS) is 10.2. The van der Waals surface area contributed by atoms with Crippen LogP contribution >= 0.6 is 0 Å². The molecule has 0 fully saturated rings. The summed E-state index contributed by atoms with van der Waals surface area (Å²) in [5.41, 5.74) is 0.898. The summed E-state index contributed by atoms with van der Waals surface area (Å²) in [5.74, 6) is -1.08. The minimum Gasteiger partial charge on any atom is -0.526 e. The minimum atomic E-state index is -0.559. The fraction of sp³-hybridized carbons (Fsp3) is 0.0909. The smallest absolute Gasteiger partial charge is 0.331 e. The van der Waals surface area contributed by atoms with Gasteiger partial charge in [-0.25, -0.2) is 9.59 Å². The second-order valence-electron chi connectivity index (χ2n) is 2.95. The maximum Gasteiger partial charge on any atom is 0.331 e. The van der Waals surface area contributed by atoms with Crippen LogP contribution in [0.3, 0.4) is 0 Å². The fourth-order valence-electron chi connectivity index (χ4n) is 0.981. The lowest BCUT2D eigenvalue weighted by atomic mass is 10.2. The van der Waals surface area contributed by atoms with Crippen molar-refractivity contribution < 1.29 is 18.8 Å². The second-order valence-corrected chi connectivity index (χ2v) is 3.36. The molecule has 0 spiro atoms. The third kappa shape index (κ3) is 4.56. The topological polar surface area (TPSA) is 52.6 Å². The van der Waals surface area contributed by atoms with Gasteiger partial charge in [-0.05, 0) is 5.56 Å². The molecular weight excluding hydrogens is 224 g/mol. The quantitative estimate of drug-likeness (QED) is 0.423. The molecule has 4 nitrogen and oxygen atoms in total. The highest BCUT2D eigenvalue weighted by Gasteiger charge is 1.99. The molecule has 0 unspecified atom stereocenters. The number of hydrogen-bond acceptors (Lipinski definition) is 4. The molecule has 84 valence electrons. The van der Waals surface area contributed by atoms with Crippen molar-refractivity contribution in [3.05, 3.63) is 48.0 Å². The first-order valence-electron chi connectivity index (χ1n) is 4.69. The minimum absolute atomic E-state index is 0.194. The highest BCUT2D eigenvalue weighted by molar-refractivity contribution is 6.08. The third-order valence-electron chi connectivity index (χ3n) is 1.78. The molecule has 0 aromatic heterocycles. The number of ether oxygens (including phenoxy) is 1. The first-order chi connectivity index (χ1) is 7.72. The van der Waals surface area contributed by atoms with Gasteiger partial charge in [-0.3, -0.25) is 0 Å². The zero-order chi connectivity index (χ0) is 11.8. The Morgan fingerprint density at radius 3 is 2.38 bits per heavy atom. The number of esters is 1. The lowest BCUT2D eigenvalue weighted by Crippen LogP contribution is -2.03. The Morgan fingerprint density at radius 2 is 1.75 bits per heavy atom. The van der Waals surface area contributed by atoms with Crippen molar-refractivity contribution in [1.29, 1.82) is 0 Å². The van der Waals surface area contributed by atoms with E-state index in [0.717, 1.165) is 17.7 Å². The molecule has 0 saturated heterocycles. The molecular formula is C11H12O4Si. The van der Waals surface area contributed by atoms with Crippen LogP contribution in [0, 0.1) is 0 Å². The van der Waals surface area contributed by atoms with E-state index in [4.69, 9.17) is 4.74 Å². The van der Waals surface area contributed by atoms with Crippen LogP contribution in [0.15, 0.2) is 42.5 Å². The fourth-order valence-corrected chi connectivity index (χ4v) is 1.12. The van der Waals surface area contributed by atoms with Crippen molar-refractivity contribution in [3.63, 3.8) is 0 Å². The Morgan fingerprint density at radius 1 is 1.12 bits per heavy atom. The van der Waals surface area contributed by atoms with E-state index in [1.54, 1.807) is 0 Å². The maximum absolute atomic E-state index is 11.1. The molecule has 1 aromatic carbocycles. The van der Waals surface area contributed by atoms with Crippen molar-refractivity contribution in [3.8, 4) is 0 Å². The number of carbonyl (C=O) groups is 2. The predicted octanol–water partition coefficient (Wildman–Crippen LogP) is 0.110. The van der Waals surface area contributed by atoms with Crippen LogP contribution < -0.4 is 0 Å². The molecule has 5 heteroatoms. The highest BCUT2D eigenvalue weighted by atomic mass is 28.2. The van der Waals surface area contributed by atoms with Crippen LogP contribution in [-0.4, -0.2) is 22.4 Å². The number of rotatable bonds is 4. The predicted molar refractivity (Wildman–Crippen MR) is 61.4 cm³/mol. The molecule has 0 aliphatic rings. The summed E-state index contributed by atoms with van der Waals surface area (Å²) in [5, 5.41) is 0. The van der Waals surface area contributed by atoms with E-state index in [2.05, 4.69) is 4.43 Å². The van der Waals surface area contributed by atoms with Crippen LogP contribution in [0.2, 0.25) is 0 Å². The first kappa shape index (κ1) is 12.2. The van der Waals surface area contributed by atoms with Crippen molar-refractivity contribution in [2.75, 3.05) is 0 Å². The van der Waals surface area contributed by atoms with Gasteiger partial charge in [0.15, 0.2) is 0 Å². The van der Waals surface area contributed by atoms with Gasteiger partial charge in [-0.15, -0.1) is 0 Å². The number of carbonyl (C=O) groups excluding carboxylic acids is 2. The van der Waals surface area contributed by atoms with E-state index in [9.17, 15) is 9.59 Å². The first-order valence-corrected chi connectivity index (χ1v) is 5.50. The summed E-state index contributed by atoms with van der Waals surface area (Å²) >= 11 is 0. The van der Waals surface area contributed by atoms with Crippen LogP contribution in [-0.2, 0) is 25.4 Å². The molecule has 16 heavy (non-hydrogen) atoms. The summed E-state index contributed by atoms with van der Waals surface area (Å²) < 4.78 is 9.37. The third-order valence-corrected chi connectivity index (χ3v) is 2.18. The van der Waals surface area contributed by atoms with Gasteiger partial charge in [-0.2, -0.15) is 0 Å². The van der Waals surface area contributed by atoms with Crippen molar-refractivity contribution in [1.82, 2.24) is 0 Å². The van der Waals surface area contributed by atoms with E-state index < -0.39 is 11.9 Å². The van der Waals surface area contributed by atoms with Gasteiger partial charge < -0.3 is 9.16 Å². The molecule has 0 saturated carbocycles. The Hall–Kier alpha value is -1.88. The molecule has 1 aromatic rings. The average Bonchev–Trinajstić information content (AvgIpc) is 2.34. The van der Waals surface area contributed by atoms with E-state index in [0.29, 0.717) is 10.5 Å². The monoisotopic (exact) mass is 236 g/mol. The molecule has 0 heterocycles. The van der Waals surface area contributed by atoms with Gasteiger partial charge in [0.1, 0.15) is 6.61 Å². The Bertz CT molecular complexity index is 386. The zero-order valence-electron chi connectivity index (χ0n) is 8.88. The van der Waals surface area contributed by atoms with E-state index >= 15 is 0 Å². The van der Waals surface area contributed by atoms with Crippen LogP contribution in [0.4, 0.5) is 0 Å². The summed E-state index contributed by atoms with van der Waals surface area (Å²) in [6.07, 6.45) is 2.11. The summed E-state index contributed by atoms with van der Waals surface area (Å²) in [7, 11) is 0.312. The van der Waals surface area contributed by atoms with Gasteiger partial charge >= 0.3 is 11.9 Å². The van der Waals surface area contributed by atoms with Gasteiger partial charge in [0.05, 0.1) is 0 Å². The van der Waals surface area contributed by atoms with Gasteiger partial charge in [-0.1, -0.05) is 30.3 Å². The van der Waals surface area contributed by atoms with Crippen LogP contribution in [0.1, 0.15) is 5.56 Å². The largest absolute Gasteiger partial charge is 0.526 e. The number of benzene rings is 1. The van der Waals surface area contributed by atoms with Crippen molar-refractivity contribution in [2.24, 2.45) is 0 Å². The molecule has 0 aliphatic carbocycles. The highest BCUT2D eigenvalue weighted by Crippen LogP contribution is 2.00. The molecule has 0 radical (unpaired) electrons. The number of hydrogen-bond donors (Lipinski definition) is 0. The molecule has 0 bridgehead atoms. The van der Waals surface area contributed by atoms with E-state index in [-0.39, 0.29) is 6.61 Å². The molecule has 1 rings (SSSR count). The summed E-state index contributed by atoms with van der Waals surface area (Å²) in [6.45, 7) is 0.194. The van der Waals surface area contributed by atoms with Gasteiger partial charge in [0.25, 0.3) is 0 Å². The SMILES string of the molecule is O=C(/C=C\C(=O)OCc1ccccc1)O[SiH3]. The molecule has 0 N–H and O–H groups in total. The van der Waals surface area contributed by atoms with Crippen molar-refractivity contribution >= 4 is 22.4 Å². The Balaban J connectivity index is 2.36. The standard InChI is InChI=1S/C11H12O4Si/c12-10(6-7-11(13)15-16)14-8-9-4-2-1-3-5-9/h1-7H,8H2,16H3/b7-6-. The summed E-state index contributed by atoms with van der Waals surface area (Å²) in [4.78, 5) is 21.8. The van der Waals surface area contributed by atoms with E-state index in [1.165, 1.54) is 0 Å². The Kier molecular flexibility index (Phi) is 5.01. The van der Waals surface area contributed by atoms with Gasteiger partial charge in [0.2, 0.25) is 10.5 Å². The van der Waals surface area contributed by atoms with Crippen LogP contribution in [0.25, 0.3) is 0 Å². The maximum atomic E-state index is 11.1. The molecule has 0 atom stereocenters. The molecule has 0 amide bonds. The summed E-state index contributed by atoms with van der Waals surface area (Å²) in [6, 6.07) is 9.30. The zero-order valence-corrected chi connectivity index (χ0v) is 10.9. The van der Waals surface area contributed by atoms with Gasteiger partial charge in [0, 0.05) is 12.2 Å². The average molecular weight is 236 g/mol. The molecule has 0 aliphatic heterocycles. The van der Waals surface area contributed by atoms with Crippen LogP contribution in [0.5, 0.6) is 0 Å². The Labute approximate surface area is 96.4 Å².